The molecule has 0 saturated carbocycles. The second-order valence-corrected chi connectivity index (χ2v) is 9.81. The van der Waals surface area contributed by atoms with Crippen LogP contribution in [0.2, 0.25) is 0 Å². The minimum Gasteiger partial charge on any atom is -0.497 e. The van der Waals surface area contributed by atoms with Gasteiger partial charge in [0.1, 0.15) is 11.5 Å². The van der Waals surface area contributed by atoms with Gasteiger partial charge in [-0.25, -0.2) is 8.42 Å². The average molecular weight is 476 g/mol. The number of carbonyl (C=O) groups excluding carboxylic acids is 1. The van der Waals surface area contributed by atoms with Crippen LogP contribution in [0.4, 0.5) is 5.69 Å². The van der Waals surface area contributed by atoms with Gasteiger partial charge in [-0.2, -0.15) is 4.31 Å². The highest BCUT2D eigenvalue weighted by molar-refractivity contribution is 7.89. The highest BCUT2D eigenvalue weighted by atomic mass is 32.2. The van der Waals surface area contributed by atoms with Crippen LogP contribution in [-0.2, 0) is 14.8 Å². The Morgan fingerprint density at radius 2 is 1.64 bits per heavy atom. The standard InChI is InChI=1S/C24H33N3O5S/c1-5-27(6-2)33(29,30)22-11-12-23(19(3)17-22)32-18-24(28)26-15-13-25(14-16-26)20-7-9-21(31-4)10-8-20/h7-12,17H,5-6,13-16,18H2,1-4H3. The Balaban J connectivity index is 1.54. The van der Waals surface area contributed by atoms with Gasteiger partial charge in [0.05, 0.1) is 12.0 Å². The lowest BCUT2D eigenvalue weighted by Gasteiger charge is -2.36. The normalized spacial score (nSPS) is 14.5. The van der Waals surface area contributed by atoms with E-state index < -0.39 is 10.0 Å². The third kappa shape index (κ3) is 5.78. The molecule has 9 heteroatoms. The molecule has 8 nitrogen and oxygen atoms in total. The van der Waals surface area contributed by atoms with E-state index in [9.17, 15) is 13.2 Å². The number of carbonyl (C=O) groups is 1. The van der Waals surface area contributed by atoms with Crippen molar-refractivity contribution in [3.63, 3.8) is 0 Å². The number of amides is 1. The van der Waals surface area contributed by atoms with Crippen molar-refractivity contribution >= 4 is 21.6 Å². The Kier molecular flexibility index (Phi) is 8.20. The topological polar surface area (TPSA) is 79.4 Å². The van der Waals surface area contributed by atoms with E-state index >= 15 is 0 Å². The van der Waals surface area contributed by atoms with Crippen molar-refractivity contribution in [1.29, 1.82) is 0 Å². The molecule has 1 fully saturated rings. The second kappa shape index (κ2) is 10.9. The largest absolute Gasteiger partial charge is 0.497 e. The lowest BCUT2D eigenvalue weighted by molar-refractivity contribution is -0.133. The summed E-state index contributed by atoms with van der Waals surface area (Å²) in [7, 11) is -1.89. The fraction of sp³-hybridized carbons (Fsp3) is 0.458. The first-order valence-electron chi connectivity index (χ1n) is 11.2. The maximum Gasteiger partial charge on any atom is 0.260 e. The fourth-order valence-corrected chi connectivity index (χ4v) is 5.44. The van der Waals surface area contributed by atoms with Crippen LogP contribution in [-0.4, -0.2) is 76.5 Å². The summed E-state index contributed by atoms with van der Waals surface area (Å²) in [5, 5.41) is 0. The summed E-state index contributed by atoms with van der Waals surface area (Å²) >= 11 is 0. The van der Waals surface area contributed by atoms with Crippen molar-refractivity contribution in [2.24, 2.45) is 0 Å². The van der Waals surface area contributed by atoms with E-state index in [1.54, 1.807) is 31.1 Å². The van der Waals surface area contributed by atoms with Crippen LogP contribution in [0.1, 0.15) is 19.4 Å². The van der Waals surface area contributed by atoms with E-state index in [4.69, 9.17) is 9.47 Å². The fourth-order valence-electron chi connectivity index (χ4n) is 3.89. The monoisotopic (exact) mass is 475 g/mol. The summed E-state index contributed by atoms with van der Waals surface area (Å²) in [6, 6.07) is 12.7. The number of benzene rings is 2. The molecule has 2 aromatic carbocycles. The molecule has 33 heavy (non-hydrogen) atoms. The van der Waals surface area contributed by atoms with Gasteiger partial charge < -0.3 is 19.3 Å². The number of nitrogens with zero attached hydrogens (tertiary/aromatic N) is 3. The summed E-state index contributed by atoms with van der Waals surface area (Å²) in [5.74, 6) is 1.25. The van der Waals surface area contributed by atoms with E-state index in [1.165, 1.54) is 10.4 Å². The maximum absolute atomic E-state index is 12.7. The molecule has 1 aliphatic heterocycles. The number of aryl methyl sites for hydroxylation is 1. The molecule has 1 aliphatic rings. The van der Waals surface area contributed by atoms with Gasteiger partial charge in [0.25, 0.3) is 5.91 Å². The predicted molar refractivity (Wildman–Crippen MR) is 129 cm³/mol. The van der Waals surface area contributed by atoms with Gasteiger partial charge in [0.2, 0.25) is 10.0 Å². The molecule has 0 N–H and O–H groups in total. The molecule has 0 atom stereocenters. The van der Waals surface area contributed by atoms with Crippen LogP contribution in [0, 0.1) is 6.92 Å². The Morgan fingerprint density at radius 3 is 2.18 bits per heavy atom. The number of anilines is 1. The van der Waals surface area contributed by atoms with Crippen molar-refractivity contribution in [1.82, 2.24) is 9.21 Å². The van der Waals surface area contributed by atoms with Crippen LogP contribution >= 0.6 is 0 Å². The first-order chi connectivity index (χ1) is 15.8. The first kappa shape index (κ1) is 24.9. The molecular formula is C24H33N3O5S. The average Bonchev–Trinajstić information content (AvgIpc) is 2.83. The van der Waals surface area contributed by atoms with Crippen LogP contribution in [0.25, 0.3) is 0 Å². The van der Waals surface area contributed by atoms with Crippen LogP contribution in [0.5, 0.6) is 11.5 Å². The molecule has 1 heterocycles. The highest BCUT2D eigenvalue weighted by Gasteiger charge is 2.24. The molecule has 0 unspecified atom stereocenters. The third-order valence-corrected chi connectivity index (χ3v) is 7.96. The quantitative estimate of drug-likeness (QED) is 0.555. The summed E-state index contributed by atoms with van der Waals surface area (Å²) in [5.41, 5.74) is 1.79. The zero-order valence-electron chi connectivity index (χ0n) is 19.8. The molecule has 0 spiro atoms. The van der Waals surface area contributed by atoms with Crippen molar-refractivity contribution in [2.75, 3.05) is 57.9 Å². The summed E-state index contributed by atoms with van der Waals surface area (Å²) in [6.45, 7) is 8.89. The van der Waals surface area contributed by atoms with Crippen molar-refractivity contribution < 1.29 is 22.7 Å². The van der Waals surface area contributed by atoms with Gasteiger partial charge in [0, 0.05) is 45.0 Å². The second-order valence-electron chi connectivity index (χ2n) is 7.87. The van der Waals surface area contributed by atoms with Gasteiger partial charge in [0.15, 0.2) is 6.61 Å². The van der Waals surface area contributed by atoms with Gasteiger partial charge in [-0.15, -0.1) is 0 Å². The Morgan fingerprint density at radius 1 is 1.00 bits per heavy atom. The zero-order chi connectivity index (χ0) is 24.0. The number of ether oxygens (including phenoxy) is 2. The Bertz CT molecular complexity index is 1040. The van der Waals surface area contributed by atoms with E-state index in [-0.39, 0.29) is 17.4 Å². The van der Waals surface area contributed by atoms with E-state index in [0.717, 1.165) is 24.5 Å². The summed E-state index contributed by atoms with van der Waals surface area (Å²) < 4.78 is 37.8. The molecule has 2 aromatic rings. The van der Waals surface area contributed by atoms with Crippen LogP contribution in [0.3, 0.4) is 0 Å². The van der Waals surface area contributed by atoms with Gasteiger partial charge >= 0.3 is 0 Å². The minimum atomic E-state index is -3.53. The summed E-state index contributed by atoms with van der Waals surface area (Å²) in [6.07, 6.45) is 0. The predicted octanol–water partition coefficient (Wildman–Crippen LogP) is 2.76. The smallest absolute Gasteiger partial charge is 0.260 e. The molecule has 3 rings (SSSR count). The molecule has 0 radical (unpaired) electrons. The molecule has 1 saturated heterocycles. The van der Waals surface area contributed by atoms with Crippen molar-refractivity contribution in [2.45, 2.75) is 25.7 Å². The number of hydrogen-bond donors (Lipinski definition) is 0. The summed E-state index contributed by atoms with van der Waals surface area (Å²) in [4.78, 5) is 16.9. The minimum absolute atomic E-state index is 0.0779. The van der Waals surface area contributed by atoms with Crippen LogP contribution in [0.15, 0.2) is 47.4 Å². The lowest BCUT2D eigenvalue weighted by atomic mass is 10.2. The van der Waals surface area contributed by atoms with Gasteiger partial charge in [-0.3, -0.25) is 4.79 Å². The Labute approximate surface area is 196 Å². The van der Waals surface area contributed by atoms with E-state index in [1.807, 2.05) is 38.1 Å². The van der Waals surface area contributed by atoms with Crippen molar-refractivity contribution in [3.05, 3.63) is 48.0 Å². The van der Waals surface area contributed by atoms with Crippen molar-refractivity contribution in [3.8, 4) is 11.5 Å². The lowest BCUT2D eigenvalue weighted by Crippen LogP contribution is -2.50. The number of sulfonamides is 1. The molecule has 0 aliphatic carbocycles. The molecular weight excluding hydrogens is 442 g/mol. The number of piperazine rings is 1. The SMILES string of the molecule is CCN(CC)S(=O)(=O)c1ccc(OCC(=O)N2CCN(c3ccc(OC)cc3)CC2)c(C)c1. The van der Waals surface area contributed by atoms with Crippen LogP contribution < -0.4 is 14.4 Å². The first-order valence-corrected chi connectivity index (χ1v) is 12.6. The maximum atomic E-state index is 12.7. The molecule has 0 aromatic heterocycles. The highest BCUT2D eigenvalue weighted by Crippen LogP contribution is 2.24. The molecule has 0 bridgehead atoms. The zero-order valence-corrected chi connectivity index (χ0v) is 20.6. The van der Waals surface area contributed by atoms with E-state index in [0.29, 0.717) is 37.5 Å². The number of hydrogen-bond acceptors (Lipinski definition) is 6. The molecule has 1 amide bonds. The van der Waals surface area contributed by atoms with Gasteiger partial charge in [-0.1, -0.05) is 13.8 Å². The molecule has 180 valence electrons. The number of methoxy groups -OCH3 is 1. The Hall–Kier alpha value is -2.78. The number of rotatable bonds is 9. The van der Waals surface area contributed by atoms with Gasteiger partial charge in [-0.05, 0) is 55.0 Å². The third-order valence-electron chi connectivity index (χ3n) is 5.91. The van der Waals surface area contributed by atoms with E-state index in [2.05, 4.69) is 4.90 Å².